The summed E-state index contributed by atoms with van der Waals surface area (Å²) in [7, 11) is 1.64. The molecule has 3 aromatic rings. The Morgan fingerprint density at radius 3 is 2.65 bits per heavy atom. The van der Waals surface area contributed by atoms with E-state index >= 15 is 0 Å². The van der Waals surface area contributed by atoms with Crippen LogP contribution in [0.2, 0.25) is 0 Å². The summed E-state index contributed by atoms with van der Waals surface area (Å²) in [6.45, 7) is 2.45. The maximum absolute atomic E-state index is 13.2. The number of carbonyl (C=O) groups excluding carboxylic acids is 1. The van der Waals surface area contributed by atoms with E-state index < -0.39 is 11.2 Å². The molecule has 3 heterocycles. The zero-order chi connectivity index (χ0) is 24.0. The minimum absolute atomic E-state index is 0.0243. The Balaban J connectivity index is 1.52. The van der Waals surface area contributed by atoms with E-state index in [1.54, 1.807) is 34.9 Å². The molecule has 1 aliphatic heterocycles. The van der Waals surface area contributed by atoms with E-state index in [-0.39, 0.29) is 41.2 Å². The molecule has 2 aromatic heterocycles. The van der Waals surface area contributed by atoms with Crippen LogP contribution in [0.3, 0.4) is 0 Å². The quantitative estimate of drug-likeness (QED) is 0.552. The van der Waals surface area contributed by atoms with Gasteiger partial charge in [0.05, 0.1) is 17.7 Å². The second-order valence-electron chi connectivity index (χ2n) is 8.91. The van der Waals surface area contributed by atoms with Crippen LogP contribution in [0.15, 0.2) is 35.3 Å². The first-order valence-electron chi connectivity index (χ1n) is 11.2. The summed E-state index contributed by atoms with van der Waals surface area (Å²) >= 11 is 1.23. The first-order valence-corrected chi connectivity index (χ1v) is 12.1. The molecule has 1 aliphatic carbocycles. The lowest BCUT2D eigenvalue weighted by atomic mass is 10.0. The number of amides is 1. The second-order valence-corrected chi connectivity index (χ2v) is 9.97. The summed E-state index contributed by atoms with van der Waals surface area (Å²) in [5.41, 5.74) is 0.455. The molecule has 1 N–H and O–H groups in total. The third-order valence-electron chi connectivity index (χ3n) is 6.43. The van der Waals surface area contributed by atoms with Crippen molar-refractivity contribution in [1.82, 2.24) is 19.7 Å². The number of halogens is 1. The largest absolute Gasteiger partial charge is 0.503 e. The first-order chi connectivity index (χ1) is 16.4. The number of benzene rings is 1. The number of ether oxygens (including phenoxy) is 1. The predicted octanol–water partition coefficient (Wildman–Crippen LogP) is 3.39. The number of fused-ring (bicyclic) bond motifs is 1. The average molecular weight is 485 g/mol. The van der Waals surface area contributed by atoms with Crippen molar-refractivity contribution < 1.29 is 19.0 Å². The highest BCUT2D eigenvalue weighted by atomic mass is 32.1. The Bertz CT molecular complexity index is 1290. The maximum Gasteiger partial charge on any atom is 0.274 e. The molecule has 1 aromatic carbocycles. The van der Waals surface area contributed by atoms with Gasteiger partial charge in [-0.25, -0.2) is 4.39 Å². The highest BCUT2D eigenvalue weighted by molar-refractivity contribution is 7.14. The highest BCUT2D eigenvalue weighted by Gasteiger charge is 2.42. The number of carbonyl (C=O) groups is 1. The third-order valence-corrected chi connectivity index (χ3v) is 7.39. The molecule has 1 fully saturated rings. The highest BCUT2D eigenvalue weighted by Crippen LogP contribution is 2.37. The van der Waals surface area contributed by atoms with E-state index in [1.807, 2.05) is 6.92 Å². The first kappa shape index (κ1) is 22.7. The van der Waals surface area contributed by atoms with Gasteiger partial charge >= 0.3 is 0 Å². The van der Waals surface area contributed by atoms with Crippen molar-refractivity contribution in [3.05, 3.63) is 62.8 Å². The van der Waals surface area contributed by atoms with Gasteiger partial charge in [-0.05, 0) is 43.9 Å². The fourth-order valence-corrected chi connectivity index (χ4v) is 5.27. The van der Waals surface area contributed by atoms with Gasteiger partial charge in [-0.3, -0.25) is 9.59 Å². The van der Waals surface area contributed by atoms with Crippen LogP contribution in [0.1, 0.15) is 53.3 Å². The number of aromatic hydroxyl groups is 1. The van der Waals surface area contributed by atoms with E-state index in [9.17, 15) is 19.1 Å². The molecule has 2 aliphatic rings. The summed E-state index contributed by atoms with van der Waals surface area (Å²) in [6, 6.07) is 6.12. The lowest BCUT2D eigenvalue weighted by Gasteiger charge is -2.37. The van der Waals surface area contributed by atoms with Crippen LogP contribution in [0.4, 0.5) is 4.39 Å². The summed E-state index contributed by atoms with van der Waals surface area (Å²) in [4.78, 5) is 28.1. The molecule has 178 valence electrons. The van der Waals surface area contributed by atoms with Gasteiger partial charge in [0.25, 0.3) is 5.91 Å². The SMILES string of the molecule is CO[C@@H](C)C[C@H]1CN(C2CC2)C(=O)c2c(O)c(=O)c(-c3nnc(Cc4ccc(F)cc4)s3)cn21. The standard InChI is InChI=1S/C24H25FN4O4S/c1-13(33-2)9-17-11-29(16-7-8-16)24(32)20-22(31)21(30)18(12-28(17)20)23-27-26-19(34-23)10-14-3-5-15(25)6-4-14/h3-6,12-13,16-17,31H,7-11H2,1-2H3/t13-,17-/m0/s1. The van der Waals surface area contributed by atoms with Gasteiger partial charge in [0, 0.05) is 32.3 Å². The van der Waals surface area contributed by atoms with Crippen LogP contribution in [0, 0.1) is 5.82 Å². The molecule has 1 saturated carbocycles. The van der Waals surface area contributed by atoms with Gasteiger partial charge in [-0.1, -0.05) is 23.5 Å². The summed E-state index contributed by atoms with van der Waals surface area (Å²) < 4.78 is 20.4. The number of methoxy groups -OCH3 is 1. The second kappa shape index (κ2) is 8.92. The monoisotopic (exact) mass is 484 g/mol. The zero-order valence-electron chi connectivity index (χ0n) is 18.9. The smallest absolute Gasteiger partial charge is 0.274 e. The van der Waals surface area contributed by atoms with Crippen LogP contribution in [0.25, 0.3) is 10.6 Å². The Labute approximate surface area is 199 Å². The van der Waals surface area contributed by atoms with Crippen molar-refractivity contribution in [2.75, 3.05) is 13.7 Å². The van der Waals surface area contributed by atoms with Gasteiger partial charge in [0.1, 0.15) is 10.8 Å². The molecular formula is C24H25FN4O4S. The average Bonchev–Trinajstić information content (AvgIpc) is 3.57. The maximum atomic E-state index is 13.2. The number of rotatable bonds is 7. The van der Waals surface area contributed by atoms with Crippen molar-refractivity contribution >= 4 is 17.2 Å². The van der Waals surface area contributed by atoms with Crippen LogP contribution in [-0.2, 0) is 11.2 Å². The van der Waals surface area contributed by atoms with Crippen molar-refractivity contribution in [3.8, 4) is 16.3 Å². The van der Waals surface area contributed by atoms with Crippen LogP contribution >= 0.6 is 11.3 Å². The van der Waals surface area contributed by atoms with Crippen molar-refractivity contribution in [2.24, 2.45) is 0 Å². The molecule has 5 rings (SSSR count). The predicted molar refractivity (Wildman–Crippen MR) is 125 cm³/mol. The molecule has 8 nitrogen and oxygen atoms in total. The normalized spacial score (nSPS) is 18.7. The molecule has 2 atom stereocenters. The number of hydrogen-bond donors (Lipinski definition) is 1. The Morgan fingerprint density at radius 2 is 1.97 bits per heavy atom. The summed E-state index contributed by atoms with van der Waals surface area (Å²) in [5, 5.41) is 20.2. The van der Waals surface area contributed by atoms with Gasteiger partial charge in [-0.15, -0.1) is 10.2 Å². The van der Waals surface area contributed by atoms with E-state index in [2.05, 4.69) is 10.2 Å². The van der Waals surface area contributed by atoms with Crippen LogP contribution in [-0.4, -0.2) is 56.5 Å². The number of hydrogen-bond acceptors (Lipinski definition) is 7. The third kappa shape index (κ3) is 4.23. The van der Waals surface area contributed by atoms with Crippen LogP contribution in [0.5, 0.6) is 5.75 Å². The van der Waals surface area contributed by atoms with Crippen LogP contribution < -0.4 is 5.43 Å². The Hall–Kier alpha value is -3.11. The van der Waals surface area contributed by atoms with Crippen molar-refractivity contribution in [3.63, 3.8) is 0 Å². The minimum atomic E-state index is -0.639. The molecule has 0 unspecified atom stereocenters. The fraction of sp³-hybridized carbons (Fsp3) is 0.417. The molecular weight excluding hydrogens is 459 g/mol. The number of nitrogens with zero attached hydrogens (tertiary/aromatic N) is 4. The molecule has 0 spiro atoms. The topological polar surface area (TPSA) is 97.6 Å². The molecule has 0 saturated heterocycles. The van der Waals surface area contributed by atoms with Gasteiger partial charge in [0.15, 0.2) is 16.5 Å². The number of pyridine rings is 1. The number of aromatic nitrogens is 3. The van der Waals surface area contributed by atoms with E-state index in [0.717, 1.165) is 18.4 Å². The molecule has 1 amide bonds. The molecule has 0 radical (unpaired) electrons. The zero-order valence-corrected chi connectivity index (χ0v) is 19.7. The Morgan fingerprint density at radius 1 is 1.24 bits per heavy atom. The van der Waals surface area contributed by atoms with Gasteiger partial charge < -0.3 is 19.3 Å². The van der Waals surface area contributed by atoms with Crippen molar-refractivity contribution in [2.45, 2.75) is 50.8 Å². The fourth-order valence-electron chi connectivity index (χ4n) is 4.38. The van der Waals surface area contributed by atoms with Gasteiger partial charge in [0.2, 0.25) is 5.43 Å². The van der Waals surface area contributed by atoms with Crippen molar-refractivity contribution in [1.29, 1.82) is 0 Å². The molecule has 10 heteroatoms. The Kier molecular flexibility index (Phi) is 5.95. The minimum Gasteiger partial charge on any atom is -0.503 e. The van der Waals surface area contributed by atoms with E-state index in [0.29, 0.717) is 29.4 Å². The van der Waals surface area contributed by atoms with E-state index in [1.165, 1.54) is 23.5 Å². The van der Waals surface area contributed by atoms with E-state index in [4.69, 9.17) is 4.74 Å². The summed E-state index contributed by atoms with van der Waals surface area (Å²) in [5.74, 6) is -1.19. The summed E-state index contributed by atoms with van der Waals surface area (Å²) in [6.07, 6.45) is 4.48. The molecule has 0 bridgehead atoms. The lowest BCUT2D eigenvalue weighted by molar-refractivity contribution is 0.0542. The van der Waals surface area contributed by atoms with Gasteiger partial charge in [-0.2, -0.15) is 0 Å². The molecule has 34 heavy (non-hydrogen) atoms. The lowest BCUT2D eigenvalue weighted by Crippen LogP contribution is -2.46.